The number of rotatable bonds is 1. The second-order valence-corrected chi connectivity index (χ2v) is 3.70. The molecule has 0 radical (unpaired) electrons. The van der Waals surface area contributed by atoms with Gasteiger partial charge in [0.1, 0.15) is 5.82 Å². The molecule has 0 spiro atoms. The van der Waals surface area contributed by atoms with Gasteiger partial charge >= 0.3 is 0 Å². The number of aromatic nitrogens is 4. The minimum Gasteiger partial charge on any atom is -0.322 e. The Hall–Kier alpha value is -1.88. The van der Waals surface area contributed by atoms with E-state index in [9.17, 15) is 4.39 Å². The molecule has 16 heavy (non-hydrogen) atoms. The molecule has 0 saturated carbocycles. The average molecular weight is 237 g/mol. The molecular weight excluding hydrogens is 231 g/mol. The van der Waals surface area contributed by atoms with E-state index >= 15 is 0 Å². The second kappa shape index (κ2) is 3.31. The summed E-state index contributed by atoms with van der Waals surface area (Å²) in [6.45, 7) is 0. The first-order valence-corrected chi connectivity index (χ1v) is 4.96. The number of nitrogens with zero attached hydrogens (tertiary/aromatic N) is 3. The number of hydrogen-bond acceptors (Lipinski definition) is 2. The Labute approximate surface area is 94.7 Å². The highest BCUT2D eigenvalue weighted by Crippen LogP contribution is 2.21. The van der Waals surface area contributed by atoms with Crippen molar-refractivity contribution < 1.29 is 4.39 Å². The van der Waals surface area contributed by atoms with Crippen LogP contribution in [0.15, 0.2) is 30.6 Å². The van der Waals surface area contributed by atoms with Crippen molar-refractivity contribution in [1.29, 1.82) is 0 Å². The number of imidazole rings is 1. The highest BCUT2D eigenvalue weighted by atomic mass is 35.5. The van der Waals surface area contributed by atoms with Crippen molar-refractivity contribution >= 4 is 22.6 Å². The Kier molecular flexibility index (Phi) is 1.94. The molecule has 0 saturated heterocycles. The molecule has 4 nitrogen and oxygen atoms in total. The van der Waals surface area contributed by atoms with Crippen molar-refractivity contribution in [2.75, 3.05) is 0 Å². The molecule has 0 aliphatic carbocycles. The van der Waals surface area contributed by atoms with Crippen LogP contribution in [-0.2, 0) is 0 Å². The molecular formula is C10H6ClFN4. The molecule has 2 aromatic heterocycles. The lowest BCUT2D eigenvalue weighted by atomic mass is 10.3. The standard InChI is InChI=1S/C10H6ClFN4/c11-6-4-8-9(5-7(6)12)15-10(14-8)16-3-1-2-13-16/h1-5H,(H,14,15). The summed E-state index contributed by atoms with van der Waals surface area (Å²) >= 11 is 5.67. The molecule has 0 fully saturated rings. The van der Waals surface area contributed by atoms with Gasteiger partial charge in [0.15, 0.2) is 0 Å². The Morgan fingerprint density at radius 2 is 2.25 bits per heavy atom. The largest absolute Gasteiger partial charge is 0.322 e. The van der Waals surface area contributed by atoms with E-state index in [0.29, 0.717) is 17.0 Å². The van der Waals surface area contributed by atoms with Crippen LogP contribution in [0.5, 0.6) is 0 Å². The fraction of sp³-hybridized carbons (Fsp3) is 0. The molecule has 2 heterocycles. The van der Waals surface area contributed by atoms with Crippen molar-refractivity contribution in [2.45, 2.75) is 0 Å². The zero-order chi connectivity index (χ0) is 11.1. The predicted molar refractivity (Wildman–Crippen MR) is 58.2 cm³/mol. The molecule has 0 aliphatic rings. The maximum absolute atomic E-state index is 13.2. The summed E-state index contributed by atoms with van der Waals surface area (Å²) in [6.07, 6.45) is 3.39. The molecule has 6 heteroatoms. The lowest BCUT2D eigenvalue weighted by Gasteiger charge is -1.92. The Balaban J connectivity index is 2.23. The van der Waals surface area contributed by atoms with Crippen LogP contribution in [0.2, 0.25) is 5.02 Å². The Morgan fingerprint density at radius 3 is 3.00 bits per heavy atom. The van der Waals surface area contributed by atoms with E-state index in [-0.39, 0.29) is 5.02 Å². The maximum atomic E-state index is 13.2. The first-order chi connectivity index (χ1) is 7.74. The molecule has 0 atom stereocenters. The van der Waals surface area contributed by atoms with Crippen molar-refractivity contribution in [3.05, 3.63) is 41.4 Å². The molecule has 0 aliphatic heterocycles. The molecule has 3 rings (SSSR count). The van der Waals surface area contributed by atoms with Gasteiger partial charge < -0.3 is 4.98 Å². The quantitative estimate of drug-likeness (QED) is 0.706. The van der Waals surface area contributed by atoms with E-state index in [1.807, 2.05) is 0 Å². The SMILES string of the molecule is Fc1cc2[nH]c(-n3cccn3)nc2cc1Cl. The van der Waals surface area contributed by atoms with E-state index < -0.39 is 5.82 Å². The third-order valence-electron chi connectivity index (χ3n) is 2.23. The summed E-state index contributed by atoms with van der Waals surface area (Å²) in [7, 11) is 0. The van der Waals surface area contributed by atoms with Crippen molar-refractivity contribution in [2.24, 2.45) is 0 Å². The second-order valence-electron chi connectivity index (χ2n) is 3.29. The van der Waals surface area contributed by atoms with Crippen LogP contribution in [0.25, 0.3) is 17.0 Å². The van der Waals surface area contributed by atoms with Gasteiger partial charge in [-0.15, -0.1) is 0 Å². The van der Waals surface area contributed by atoms with Crippen LogP contribution in [0.4, 0.5) is 4.39 Å². The fourth-order valence-corrected chi connectivity index (χ4v) is 1.65. The minimum absolute atomic E-state index is 0.0611. The smallest absolute Gasteiger partial charge is 0.229 e. The Bertz CT molecular complexity index is 605. The first kappa shape index (κ1) is 9.35. The number of halogens is 2. The number of hydrogen-bond donors (Lipinski definition) is 1. The summed E-state index contributed by atoms with van der Waals surface area (Å²) in [4.78, 5) is 7.21. The summed E-state index contributed by atoms with van der Waals surface area (Å²) in [5.74, 6) is 0.0616. The van der Waals surface area contributed by atoms with Gasteiger partial charge in [0.25, 0.3) is 0 Å². The van der Waals surface area contributed by atoms with Gasteiger partial charge in [-0.2, -0.15) is 5.10 Å². The third kappa shape index (κ3) is 1.37. The Morgan fingerprint density at radius 1 is 1.38 bits per heavy atom. The van der Waals surface area contributed by atoms with Crippen LogP contribution in [0.3, 0.4) is 0 Å². The van der Waals surface area contributed by atoms with E-state index in [4.69, 9.17) is 11.6 Å². The zero-order valence-corrected chi connectivity index (χ0v) is 8.74. The lowest BCUT2D eigenvalue weighted by Crippen LogP contribution is -1.95. The van der Waals surface area contributed by atoms with Gasteiger partial charge in [0.05, 0.1) is 16.1 Å². The van der Waals surface area contributed by atoms with Crippen LogP contribution < -0.4 is 0 Å². The van der Waals surface area contributed by atoms with Gasteiger partial charge in [-0.1, -0.05) is 11.6 Å². The van der Waals surface area contributed by atoms with E-state index in [1.54, 1.807) is 23.1 Å². The molecule has 1 N–H and O–H groups in total. The normalized spacial score (nSPS) is 11.1. The van der Waals surface area contributed by atoms with Crippen LogP contribution in [0.1, 0.15) is 0 Å². The van der Waals surface area contributed by atoms with Gasteiger partial charge in [-0.25, -0.2) is 14.1 Å². The topological polar surface area (TPSA) is 46.5 Å². The fourth-order valence-electron chi connectivity index (χ4n) is 1.49. The molecule has 0 bridgehead atoms. The monoisotopic (exact) mass is 236 g/mol. The average Bonchev–Trinajstić information content (AvgIpc) is 2.86. The number of benzene rings is 1. The maximum Gasteiger partial charge on any atom is 0.229 e. The summed E-state index contributed by atoms with van der Waals surface area (Å²) in [6, 6.07) is 4.58. The van der Waals surface area contributed by atoms with Gasteiger partial charge in [-0.05, 0) is 12.1 Å². The number of H-pyrrole nitrogens is 1. The minimum atomic E-state index is -0.468. The molecule has 3 aromatic rings. The summed E-state index contributed by atoms with van der Waals surface area (Å²) in [5.41, 5.74) is 1.20. The van der Waals surface area contributed by atoms with E-state index in [2.05, 4.69) is 15.1 Å². The van der Waals surface area contributed by atoms with Gasteiger partial charge in [0, 0.05) is 18.5 Å². The van der Waals surface area contributed by atoms with Crippen LogP contribution in [-0.4, -0.2) is 19.7 Å². The first-order valence-electron chi connectivity index (χ1n) is 4.59. The molecule has 1 aromatic carbocycles. The van der Waals surface area contributed by atoms with Crippen molar-refractivity contribution in [3.63, 3.8) is 0 Å². The lowest BCUT2D eigenvalue weighted by molar-refractivity contribution is 0.630. The van der Waals surface area contributed by atoms with E-state index in [1.165, 1.54) is 12.1 Å². The third-order valence-corrected chi connectivity index (χ3v) is 2.52. The number of fused-ring (bicyclic) bond motifs is 1. The van der Waals surface area contributed by atoms with Crippen LogP contribution >= 0.6 is 11.6 Å². The molecule has 80 valence electrons. The highest BCUT2D eigenvalue weighted by Gasteiger charge is 2.08. The highest BCUT2D eigenvalue weighted by molar-refractivity contribution is 6.31. The van der Waals surface area contributed by atoms with Gasteiger partial charge in [0.2, 0.25) is 5.95 Å². The van der Waals surface area contributed by atoms with Crippen molar-refractivity contribution in [1.82, 2.24) is 19.7 Å². The van der Waals surface area contributed by atoms with Crippen molar-refractivity contribution in [3.8, 4) is 5.95 Å². The number of nitrogens with one attached hydrogen (secondary N) is 1. The molecule has 0 amide bonds. The number of aromatic amines is 1. The van der Waals surface area contributed by atoms with Gasteiger partial charge in [-0.3, -0.25) is 0 Å². The predicted octanol–water partition coefficient (Wildman–Crippen LogP) is 2.54. The molecule has 0 unspecified atom stereocenters. The zero-order valence-electron chi connectivity index (χ0n) is 7.98. The summed E-state index contributed by atoms with van der Waals surface area (Å²) < 4.78 is 14.8. The van der Waals surface area contributed by atoms with Crippen LogP contribution in [0, 0.1) is 5.82 Å². The van der Waals surface area contributed by atoms with E-state index in [0.717, 1.165) is 0 Å². The summed E-state index contributed by atoms with van der Waals surface area (Å²) in [5, 5.41) is 4.08.